The number of thioether (sulfide) groups is 1. The molecule has 3 fully saturated rings. The van der Waals surface area contributed by atoms with Crippen molar-refractivity contribution in [3.05, 3.63) is 101 Å². The fourth-order valence-corrected chi connectivity index (χ4v) is 17.4. The number of hydrogen-bond acceptors (Lipinski definition) is 24. The molecule has 3 aromatic carbocycles. The van der Waals surface area contributed by atoms with Crippen molar-refractivity contribution >= 4 is 156 Å². The minimum atomic E-state index is -1.90. The van der Waals surface area contributed by atoms with Gasteiger partial charge in [0.15, 0.2) is 5.96 Å². The van der Waals surface area contributed by atoms with Crippen LogP contribution in [-0.2, 0) is 106 Å². The van der Waals surface area contributed by atoms with Gasteiger partial charge in [-0.15, -0.1) is 23.1 Å². The van der Waals surface area contributed by atoms with E-state index >= 15 is 28.8 Å². The summed E-state index contributed by atoms with van der Waals surface area (Å²) in [5, 5.41) is 71.7. The molecular weight excluding hydrogens is 1740 g/mol. The number of para-hydroxylation sites is 1. The molecule has 5 heterocycles. The lowest BCUT2D eigenvalue weighted by molar-refractivity contribution is -0.149. The van der Waals surface area contributed by atoms with Gasteiger partial charge in [0.25, 0.3) is 0 Å². The number of thiophene rings is 1. The summed E-state index contributed by atoms with van der Waals surface area (Å²) >= 11 is 2.07. The van der Waals surface area contributed by atoms with Crippen LogP contribution in [0.5, 0.6) is 5.75 Å². The molecule has 0 unspecified atom stereocenters. The fourth-order valence-electron chi connectivity index (χ4n) is 15.6. The first kappa shape index (κ1) is 103. The molecule has 2 aromatic heterocycles. The molecule has 15 atom stereocenters. The van der Waals surface area contributed by atoms with Gasteiger partial charge in [0.2, 0.25) is 106 Å². The molecule has 3 aliphatic heterocycles. The third kappa shape index (κ3) is 29.0. The second kappa shape index (κ2) is 48.6. The summed E-state index contributed by atoms with van der Waals surface area (Å²) in [4.78, 5) is 268. The molecule has 18 amide bonds. The summed E-state index contributed by atoms with van der Waals surface area (Å²) in [5.74, 6) is -20.1. The number of guanidine groups is 1. The lowest BCUT2D eigenvalue weighted by atomic mass is 10.0. The summed E-state index contributed by atoms with van der Waals surface area (Å²) in [5.41, 5.74) is 24.3. The van der Waals surface area contributed by atoms with Gasteiger partial charge in [-0.2, -0.15) is 0 Å². The molecule has 712 valence electrons. The Hall–Kier alpha value is -13.0. The minimum absolute atomic E-state index is 0.0215. The molecule has 0 spiro atoms. The maximum absolute atomic E-state index is 15.6. The van der Waals surface area contributed by atoms with Crippen molar-refractivity contribution in [2.75, 3.05) is 65.4 Å². The number of aromatic hydroxyl groups is 1. The predicted octanol–water partition coefficient (Wildman–Crippen LogP) is -4.46. The number of aliphatic hydroxyl groups is 2. The van der Waals surface area contributed by atoms with Gasteiger partial charge < -0.3 is 126 Å². The number of amides is 18. The van der Waals surface area contributed by atoms with Gasteiger partial charge in [0, 0.05) is 94.0 Å². The monoisotopic (exact) mass is 1860 g/mol. The first-order valence-corrected chi connectivity index (χ1v) is 45.1. The number of benzene rings is 3. The highest BCUT2D eigenvalue weighted by atomic mass is 32.2. The highest BCUT2D eigenvalue weighted by Crippen LogP contribution is 2.30. The number of likely N-dealkylation sites (N-methyl/N-ethyl adjacent to an activating group) is 3. The zero-order valence-electron chi connectivity index (χ0n) is 74.2. The predicted molar refractivity (Wildman–Crippen MR) is 481 cm³/mol. The van der Waals surface area contributed by atoms with E-state index in [0.29, 0.717) is 45.8 Å². The van der Waals surface area contributed by atoms with Crippen LogP contribution in [0.4, 0.5) is 0 Å². The first-order chi connectivity index (χ1) is 62.1. The van der Waals surface area contributed by atoms with Crippen molar-refractivity contribution < 1.29 is 102 Å². The molecule has 43 nitrogen and oxygen atoms in total. The standard InChI is InChI=1S/C86H120N22O21S2/c1-9-10-21-65-85(129)105(7)46(5)72(116)96-55(20-15-28-92-86(90)91)75(119)103-63(74(118)94-38-70(89)114)42-130-43-71(115)95-59(31-47-24-26-50(110)27-25-47)81(125)104(6)45(4)73(117)99-61(36-69(88)113)83(127)107-29-16-22-64(107)79(123)98-57(35-68(87)112)77(121)100-58(30-44(2)3)84(128)108-39-51(111)34-66(108)80(124)97-56(32-48-37-93-54-19-13-11-17-52(48)54)76(120)102-62(40-109)78(122)101-60(82(126)106(65)8)33-49-41-131-67-23-14-12-18-53(49)67/h11-14,17-19,23-27,37,41,44-46,51,55-66,93,109-111H,9-10,15-16,20-22,28-36,38-40,42-43H2,1-8H3,(H2,87,112)(H2,88,113)(H2,89,114)(H,94,118)(H,95,115)(H,96,116)(H,97,124)(H,98,123)(H,99,117)(H,100,121)(H,101,122)(H,102,120)(H,103,119)(H4,90,91,92)/t45-,46-,51+,55-,56-,57-,58-,59-,60-,61+,62-,63-,64-,65-,66-/m0/s1. The lowest BCUT2D eigenvalue weighted by Crippen LogP contribution is -2.61. The van der Waals surface area contributed by atoms with E-state index in [0.717, 1.165) is 41.0 Å². The van der Waals surface area contributed by atoms with Gasteiger partial charge in [0.05, 0.1) is 37.9 Å². The molecule has 8 rings (SSSR count). The van der Waals surface area contributed by atoms with E-state index < -0.39 is 259 Å². The van der Waals surface area contributed by atoms with Crippen molar-refractivity contribution in [2.24, 2.45) is 28.9 Å². The van der Waals surface area contributed by atoms with Crippen LogP contribution in [0.2, 0.25) is 0 Å². The Morgan fingerprint density at radius 1 is 0.557 bits per heavy atom. The van der Waals surface area contributed by atoms with Crippen molar-refractivity contribution in [1.29, 1.82) is 5.41 Å². The molecule has 5 aromatic rings. The van der Waals surface area contributed by atoms with E-state index in [1.165, 1.54) is 70.6 Å². The Morgan fingerprint density at radius 3 is 1.76 bits per heavy atom. The van der Waals surface area contributed by atoms with Crippen LogP contribution in [0.1, 0.15) is 122 Å². The van der Waals surface area contributed by atoms with Crippen molar-refractivity contribution in [2.45, 2.75) is 215 Å². The number of aromatic amines is 1. The van der Waals surface area contributed by atoms with Crippen LogP contribution in [-0.4, -0.2) is 313 Å². The number of rotatable bonds is 23. The second-order valence-electron chi connectivity index (χ2n) is 33.3. The van der Waals surface area contributed by atoms with Crippen LogP contribution in [0.15, 0.2) is 84.4 Å². The van der Waals surface area contributed by atoms with Crippen LogP contribution >= 0.6 is 23.1 Å². The number of nitrogens with two attached hydrogens (primary N) is 4. The molecule has 45 heteroatoms. The maximum Gasteiger partial charge on any atom is 0.246 e. The number of aliphatic hydroxyl groups excluding tert-OH is 2. The van der Waals surface area contributed by atoms with E-state index in [4.69, 9.17) is 28.3 Å². The fraction of sp³-hybridized carbons (Fsp3) is 0.523. The molecule has 0 bridgehead atoms. The zero-order chi connectivity index (χ0) is 96.4. The first-order valence-electron chi connectivity index (χ1n) is 43.1. The summed E-state index contributed by atoms with van der Waals surface area (Å²) in [6, 6.07) is -3.04. The van der Waals surface area contributed by atoms with Crippen molar-refractivity contribution in [3.8, 4) is 5.75 Å². The third-order valence-corrected chi connectivity index (χ3v) is 25.0. The van der Waals surface area contributed by atoms with E-state index in [1.807, 2.05) is 13.0 Å². The summed E-state index contributed by atoms with van der Waals surface area (Å²) < 4.78 is 0.798. The Bertz CT molecular complexity index is 5010. The number of phenols is 1. The van der Waals surface area contributed by atoms with Gasteiger partial charge in [-0.25, -0.2) is 0 Å². The molecule has 131 heavy (non-hydrogen) atoms. The highest BCUT2D eigenvalue weighted by molar-refractivity contribution is 8.00. The average Bonchev–Trinajstić information content (AvgIpc) is 1.66. The number of aromatic nitrogens is 1. The van der Waals surface area contributed by atoms with E-state index in [-0.39, 0.29) is 76.6 Å². The van der Waals surface area contributed by atoms with Crippen LogP contribution in [0, 0.1) is 11.3 Å². The summed E-state index contributed by atoms with van der Waals surface area (Å²) in [7, 11) is 3.78. The summed E-state index contributed by atoms with van der Waals surface area (Å²) in [6.45, 7) is 5.21. The van der Waals surface area contributed by atoms with E-state index in [9.17, 15) is 72.9 Å². The quantitative estimate of drug-likeness (QED) is 0.0167. The molecule has 0 radical (unpaired) electrons. The van der Waals surface area contributed by atoms with Crippen LogP contribution in [0.25, 0.3) is 21.0 Å². The number of nitrogens with one attached hydrogen (secondary N) is 13. The highest BCUT2D eigenvalue weighted by Gasteiger charge is 2.47. The Kier molecular flexibility index (Phi) is 38.3. The SMILES string of the molecule is CCCC[C@H]1C(=O)N(C)[C@@H](C)C(=O)N[C@@H](CCCNC(=N)N)C(=O)N[C@H](C(=O)NCC(N)=O)CSCC(=O)N[C@@H](Cc2ccc(O)cc2)C(=O)N(C)[C@@H](C)C(=O)N[C@H](CC(N)=O)C(=O)N2CCC[C@H]2C(=O)N[C@@H](CC(N)=O)C(=O)N[C@@H](CC(C)C)C(=O)N2C[C@H](O)C[C@H]2C(=O)N[C@@H](Cc2c[nH]c3ccccc23)C(=O)N[C@@H](CO)C(=O)N[C@@H](Cc2csc3ccccc23)C(=O)N1C. The molecule has 24 N–H and O–H groups in total. The number of carbonyl (C=O) groups is 18. The molecule has 3 saturated heterocycles. The molecule has 3 aliphatic rings. The topological polar surface area (TPSA) is 660 Å². The number of phenolic OH excluding ortho intramolecular Hbond substituents is 1. The number of hydrogen-bond donors (Lipinski definition) is 20. The lowest BCUT2D eigenvalue weighted by Gasteiger charge is -2.35. The maximum atomic E-state index is 15.6. The smallest absolute Gasteiger partial charge is 0.246 e. The number of primary amides is 3. The molecule has 0 aliphatic carbocycles. The minimum Gasteiger partial charge on any atom is -0.508 e. The van der Waals surface area contributed by atoms with Gasteiger partial charge in [-0.05, 0) is 110 Å². The van der Waals surface area contributed by atoms with Crippen molar-refractivity contribution in [1.82, 2.24) is 88.0 Å². The zero-order valence-corrected chi connectivity index (χ0v) is 75.9. The average molecular weight is 1860 g/mol. The van der Waals surface area contributed by atoms with Crippen molar-refractivity contribution in [3.63, 3.8) is 0 Å². The van der Waals surface area contributed by atoms with Gasteiger partial charge in [-0.3, -0.25) is 91.7 Å². The largest absolute Gasteiger partial charge is 0.508 e. The van der Waals surface area contributed by atoms with Crippen LogP contribution < -0.4 is 81.4 Å². The third-order valence-electron chi connectivity index (χ3n) is 23.0. The number of carbonyl (C=O) groups excluding carboxylic acids is 18. The summed E-state index contributed by atoms with van der Waals surface area (Å²) in [6.07, 6.45) is -2.45. The Balaban J connectivity index is 1.18. The van der Waals surface area contributed by atoms with E-state index in [1.54, 1.807) is 67.9 Å². The number of unbranched alkanes of at least 4 members (excludes halogenated alkanes) is 1. The number of H-pyrrole nitrogens is 1. The van der Waals surface area contributed by atoms with Gasteiger partial charge in [-0.1, -0.05) is 82.1 Å². The van der Waals surface area contributed by atoms with Gasteiger partial charge in [0.1, 0.15) is 90.3 Å². The Labute approximate surface area is 763 Å². The Morgan fingerprint density at radius 2 is 1.11 bits per heavy atom. The normalized spacial score (nSPS) is 25.1. The molecule has 0 saturated carbocycles. The van der Waals surface area contributed by atoms with Crippen LogP contribution in [0.3, 0.4) is 0 Å². The number of fused-ring (bicyclic) bond motifs is 4. The number of nitrogens with zero attached hydrogens (tertiary/aromatic N) is 5. The molecular formula is C86H120N22O21S2. The van der Waals surface area contributed by atoms with E-state index in [2.05, 4.69) is 63.5 Å². The second-order valence-corrected chi connectivity index (χ2v) is 35.2. The van der Waals surface area contributed by atoms with Gasteiger partial charge >= 0.3 is 0 Å².